The minimum Gasteiger partial charge on any atom is -0.508 e. The zero-order valence-electron chi connectivity index (χ0n) is 13.8. The minimum atomic E-state index is -0.420. The van der Waals surface area contributed by atoms with Crippen molar-refractivity contribution in [1.82, 2.24) is 5.32 Å². The third-order valence-electron chi connectivity index (χ3n) is 4.03. The number of phenols is 1. The standard InChI is InChI=1S/C21H20N2O2/c22-21(25)19-3-1-2-18(12-19)17-8-4-15(5-9-17)13-23-14-16-6-10-20(24)11-7-16/h1-12,23-24H,13-14H2,(H2,22,25). The highest BCUT2D eigenvalue weighted by Gasteiger charge is 2.03. The molecule has 0 aromatic heterocycles. The van der Waals surface area contributed by atoms with Gasteiger partial charge in [0.25, 0.3) is 0 Å². The molecule has 4 nitrogen and oxygen atoms in total. The number of amides is 1. The fourth-order valence-corrected chi connectivity index (χ4v) is 2.63. The molecule has 1 amide bonds. The average molecular weight is 332 g/mol. The van der Waals surface area contributed by atoms with Crippen LogP contribution in [0.15, 0.2) is 72.8 Å². The molecule has 25 heavy (non-hydrogen) atoms. The topological polar surface area (TPSA) is 75.4 Å². The van der Waals surface area contributed by atoms with Gasteiger partial charge in [-0.25, -0.2) is 0 Å². The molecule has 0 heterocycles. The number of carbonyl (C=O) groups excluding carboxylic acids is 1. The molecule has 3 rings (SSSR count). The Morgan fingerprint density at radius 1 is 0.840 bits per heavy atom. The molecular weight excluding hydrogens is 312 g/mol. The number of hydrogen-bond donors (Lipinski definition) is 3. The number of rotatable bonds is 6. The van der Waals surface area contributed by atoms with Crippen molar-refractivity contribution in [3.8, 4) is 16.9 Å². The van der Waals surface area contributed by atoms with Gasteiger partial charge in [0, 0.05) is 18.7 Å². The summed E-state index contributed by atoms with van der Waals surface area (Å²) in [5, 5.41) is 12.7. The summed E-state index contributed by atoms with van der Waals surface area (Å²) in [5.74, 6) is -0.142. The van der Waals surface area contributed by atoms with Crippen LogP contribution in [0.3, 0.4) is 0 Å². The first-order chi connectivity index (χ1) is 12.1. The average Bonchev–Trinajstić information content (AvgIpc) is 2.64. The van der Waals surface area contributed by atoms with E-state index in [9.17, 15) is 9.90 Å². The summed E-state index contributed by atoms with van der Waals surface area (Å²) in [7, 11) is 0. The van der Waals surface area contributed by atoms with Gasteiger partial charge in [-0.3, -0.25) is 4.79 Å². The number of hydrogen-bond acceptors (Lipinski definition) is 3. The summed E-state index contributed by atoms with van der Waals surface area (Å²) in [6, 6.07) is 22.7. The fourth-order valence-electron chi connectivity index (χ4n) is 2.63. The highest BCUT2D eigenvalue weighted by Crippen LogP contribution is 2.21. The smallest absolute Gasteiger partial charge is 0.248 e. The van der Waals surface area contributed by atoms with Gasteiger partial charge < -0.3 is 16.2 Å². The number of benzene rings is 3. The number of carbonyl (C=O) groups is 1. The summed E-state index contributed by atoms with van der Waals surface area (Å²) in [5.41, 5.74) is 10.2. The monoisotopic (exact) mass is 332 g/mol. The molecule has 0 unspecified atom stereocenters. The maximum absolute atomic E-state index is 11.3. The molecule has 0 spiro atoms. The molecule has 0 saturated heterocycles. The van der Waals surface area contributed by atoms with Gasteiger partial charge in [-0.15, -0.1) is 0 Å². The van der Waals surface area contributed by atoms with Gasteiger partial charge in [-0.05, 0) is 46.5 Å². The SMILES string of the molecule is NC(=O)c1cccc(-c2ccc(CNCc3ccc(O)cc3)cc2)c1. The highest BCUT2D eigenvalue weighted by molar-refractivity contribution is 5.94. The molecule has 3 aromatic carbocycles. The van der Waals surface area contributed by atoms with Gasteiger partial charge in [0.1, 0.15) is 5.75 Å². The number of primary amides is 1. The molecule has 0 aliphatic carbocycles. The van der Waals surface area contributed by atoms with Gasteiger partial charge >= 0.3 is 0 Å². The number of nitrogens with one attached hydrogen (secondary N) is 1. The van der Waals surface area contributed by atoms with Crippen LogP contribution in [0.1, 0.15) is 21.5 Å². The van der Waals surface area contributed by atoms with E-state index in [1.165, 1.54) is 5.56 Å². The third kappa shape index (κ3) is 4.46. The van der Waals surface area contributed by atoms with Crippen LogP contribution in [0.25, 0.3) is 11.1 Å². The number of nitrogens with two attached hydrogens (primary N) is 1. The number of phenolic OH excluding ortho intramolecular Hbond substituents is 1. The van der Waals surface area contributed by atoms with E-state index in [2.05, 4.69) is 17.4 Å². The quantitative estimate of drug-likeness (QED) is 0.647. The first-order valence-electron chi connectivity index (χ1n) is 8.09. The van der Waals surface area contributed by atoms with Crippen LogP contribution in [0, 0.1) is 0 Å². The maximum Gasteiger partial charge on any atom is 0.248 e. The minimum absolute atomic E-state index is 0.278. The molecule has 4 N–H and O–H groups in total. The summed E-state index contributed by atoms with van der Waals surface area (Å²) in [6.07, 6.45) is 0. The lowest BCUT2D eigenvalue weighted by molar-refractivity contribution is 0.100. The van der Waals surface area contributed by atoms with Crippen molar-refractivity contribution >= 4 is 5.91 Å². The molecule has 126 valence electrons. The molecule has 0 bridgehead atoms. The zero-order chi connectivity index (χ0) is 17.6. The first kappa shape index (κ1) is 16.7. The summed E-state index contributed by atoms with van der Waals surface area (Å²) >= 11 is 0. The normalized spacial score (nSPS) is 10.6. The lowest BCUT2D eigenvalue weighted by Crippen LogP contribution is -2.12. The van der Waals surface area contributed by atoms with Crippen molar-refractivity contribution in [2.24, 2.45) is 5.73 Å². The van der Waals surface area contributed by atoms with Crippen molar-refractivity contribution in [1.29, 1.82) is 0 Å². The Hall–Kier alpha value is -3.11. The van der Waals surface area contributed by atoms with E-state index in [4.69, 9.17) is 5.73 Å². The van der Waals surface area contributed by atoms with Crippen molar-refractivity contribution in [2.45, 2.75) is 13.1 Å². The van der Waals surface area contributed by atoms with Crippen LogP contribution in [0.2, 0.25) is 0 Å². The molecule has 0 aliphatic rings. The first-order valence-corrected chi connectivity index (χ1v) is 8.09. The number of aromatic hydroxyl groups is 1. The predicted molar refractivity (Wildman–Crippen MR) is 99.0 cm³/mol. The zero-order valence-corrected chi connectivity index (χ0v) is 13.8. The van der Waals surface area contributed by atoms with Gasteiger partial charge in [0.05, 0.1) is 0 Å². The van der Waals surface area contributed by atoms with Crippen LogP contribution < -0.4 is 11.1 Å². The lowest BCUT2D eigenvalue weighted by Gasteiger charge is -2.08. The second kappa shape index (κ2) is 7.64. The summed E-state index contributed by atoms with van der Waals surface area (Å²) < 4.78 is 0. The van der Waals surface area contributed by atoms with Crippen LogP contribution in [-0.4, -0.2) is 11.0 Å². The van der Waals surface area contributed by atoms with E-state index in [1.54, 1.807) is 24.3 Å². The van der Waals surface area contributed by atoms with Crippen molar-refractivity contribution in [3.05, 3.63) is 89.5 Å². The second-order valence-corrected chi connectivity index (χ2v) is 5.91. The summed E-state index contributed by atoms with van der Waals surface area (Å²) in [6.45, 7) is 1.49. The van der Waals surface area contributed by atoms with Crippen LogP contribution in [-0.2, 0) is 13.1 Å². The Morgan fingerprint density at radius 2 is 1.44 bits per heavy atom. The molecular formula is C21H20N2O2. The largest absolute Gasteiger partial charge is 0.508 e. The Balaban J connectivity index is 1.61. The van der Waals surface area contributed by atoms with Gasteiger partial charge in [0.2, 0.25) is 5.91 Å². The maximum atomic E-state index is 11.3. The van der Waals surface area contributed by atoms with E-state index < -0.39 is 5.91 Å². The van der Waals surface area contributed by atoms with Gasteiger partial charge in [-0.2, -0.15) is 0 Å². The van der Waals surface area contributed by atoms with Crippen molar-refractivity contribution in [3.63, 3.8) is 0 Å². The fraction of sp³-hybridized carbons (Fsp3) is 0.0952. The van der Waals surface area contributed by atoms with E-state index in [0.717, 1.165) is 29.8 Å². The van der Waals surface area contributed by atoms with Crippen LogP contribution >= 0.6 is 0 Å². The Bertz CT molecular complexity index is 856. The lowest BCUT2D eigenvalue weighted by atomic mass is 10.0. The van der Waals surface area contributed by atoms with Gasteiger partial charge in [-0.1, -0.05) is 48.5 Å². The summed E-state index contributed by atoms with van der Waals surface area (Å²) in [4.78, 5) is 11.3. The second-order valence-electron chi connectivity index (χ2n) is 5.91. The Labute approximate surface area is 146 Å². The third-order valence-corrected chi connectivity index (χ3v) is 4.03. The molecule has 0 fully saturated rings. The van der Waals surface area contributed by atoms with Crippen LogP contribution in [0.5, 0.6) is 5.75 Å². The molecule has 0 radical (unpaired) electrons. The van der Waals surface area contributed by atoms with Crippen molar-refractivity contribution in [2.75, 3.05) is 0 Å². The van der Waals surface area contributed by atoms with E-state index >= 15 is 0 Å². The Kier molecular flexibility index (Phi) is 5.11. The predicted octanol–water partition coefficient (Wildman–Crippen LogP) is 3.45. The van der Waals surface area contributed by atoms with E-state index in [-0.39, 0.29) is 5.75 Å². The van der Waals surface area contributed by atoms with Crippen LogP contribution in [0.4, 0.5) is 0 Å². The molecule has 3 aromatic rings. The molecule has 0 aliphatic heterocycles. The molecule has 4 heteroatoms. The van der Waals surface area contributed by atoms with Crippen molar-refractivity contribution < 1.29 is 9.90 Å². The Morgan fingerprint density at radius 3 is 2.04 bits per heavy atom. The molecule has 0 saturated carbocycles. The highest BCUT2D eigenvalue weighted by atomic mass is 16.3. The van der Waals surface area contributed by atoms with E-state index in [0.29, 0.717) is 5.56 Å². The van der Waals surface area contributed by atoms with Gasteiger partial charge in [0.15, 0.2) is 0 Å². The molecule has 0 atom stereocenters. The van der Waals surface area contributed by atoms with E-state index in [1.807, 2.05) is 36.4 Å².